The molecule has 0 aliphatic carbocycles. The van der Waals surface area contributed by atoms with Gasteiger partial charge in [-0.3, -0.25) is 9.69 Å². The fourth-order valence-corrected chi connectivity index (χ4v) is 3.39. The number of anilines is 1. The highest BCUT2D eigenvalue weighted by Gasteiger charge is 2.23. The van der Waals surface area contributed by atoms with Crippen molar-refractivity contribution in [2.24, 2.45) is 0 Å². The topological polar surface area (TPSA) is 65.4 Å². The molecule has 1 fully saturated rings. The fraction of sp³-hybridized carbons (Fsp3) is 0.368. The van der Waals surface area contributed by atoms with E-state index in [2.05, 4.69) is 19.8 Å². The number of benzene rings is 1. The van der Waals surface area contributed by atoms with Crippen molar-refractivity contribution in [1.82, 2.24) is 14.9 Å². The average molecular weight is 338 g/mol. The summed E-state index contributed by atoms with van der Waals surface area (Å²) in [5.74, 6) is 0.178. The number of H-pyrrole nitrogens is 1. The zero-order chi connectivity index (χ0) is 17.4. The number of carbonyl (C=O) groups excluding carboxylic acids is 1. The number of aryl methyl sites for hydroxylation is 2. The quantitative estimate of drug-likeness (QED) is 0.741. The molecule has 1 N–H and O–H groups in total. The molecule has 25 heavy (non-hydrogen) atoms. The Morgan fingerprint density at radius 1 is 1.20 bits per heavy atom. The number of nitrogens with zero attached hydrogens (tertiary/aromatic N) is 3. The number of aromatic nitrogens is 2. The van der Waals surface area contributed by atoms with Crippen LogP contribution in [0, 0.1) is 13.8 Å². The highest BCUT2D eigenvalue weighted by Crippen LogP contribution is 2.22. The predicted octanol–water partition coefficient (Wildman–Crippen LogP) is 2.78. The molecule has 0 unspecified atom stereocenters. The summed E-state index contributed by atoms with van der Waals surface area (Å²) >= 11 is 0. The second-order valence-electron chi connectivity index (χ2n) is 6.64. The average Bonchev–Trinajstić information content (AvgIpc) is 3.18. The van der Waals surface area contributed by atoms with Crippen LogP contribution in [0.5, 0.6) is 0 Å². The number of Topliss-reactive ketones (excluding diaryl/α,β-unsaturated/α-hetero) is 1. The number of nitrogens with one attached hydrogen (secondary N) is 1. The van der Waals surface area contributed by atoms with Gasteiger partial charge in [0, 0.05) is 43.1 Å². The summed E-state index contributed by atoms with van der Waals surface area (Å²) in [6.07, 6.45) is 0. The number of ketones is 1. The van der Waals surface area contributed by atoms with Gasteiger partial charge >= 0.3 is 0 Å². The van der Waals surface area contributed by atoms with E-state index in [4.69, 9.17) is 4.42 Å². The van der Waals surface area contributed by atoms with E-state index in [0.29, 0.717) is 12.6 Å². The first-order chi connectivity index (χ1) is 12.1. The lowest BCUT2D eigenvalue weighted by molar-refractivity contribution is 0.0925. The number of hydrogen-bond acceptors (Lipinski definition) is 5. The van der Waals surface area contributed by atoms with Crippen LogP contribution in [-0.2, 0) is 0 Å². The molecule has 3 aromatic rings. The van der Waals surface area contributed by atoms with Crippen molar-refractivity contribution in [3.05, 3.63) is 47.3 Å². The molecular weight excluding hydrogens is 316 g/mol. The molecule has 1 aliphatic rings. The van der Waals surface area contributed by atoms with E-state index in [9.17, 15) is 4.79 Å². The minimum Gasteiger partial charge on any atom is -0.423 e. The van der Waals surface area contributed by atoms with Crippen molar-refractivity contribution in [3.8, 4) is 0 Å². The van der Waals surface area contributed by atoms with Gasteiger partial charge < -0.3 is 14.3 Å². The molecule has 130 valence electrons. The van der Waals surface area contributed by atoms with Crippen LogP contribution in [0.4, 0.5) is 6.01 Å². The van der Waals surface area contributed by atoms with E-state index >= 15 is 0 Å². The summed E-state index contributed by atoms with van der Waals surface area (Å²) in [6, 6.07) is 10.4. The van der Waals surface area contributed by atoms with Crippen molar-refractivity contribution in [3.63, 3.8) is 0 Å². The van der Waals surface area contributed by atoms with Gasteiger partial charge in [0.15, 0.2) is 11.4 Å². The summed E-state index contributed by atoms with van der Waals surface area (Å²) in [4.78, 5) is 24.6. The smallest absolute Gasteiger partial charge is 0.298 e. The van der Waals surface area contributed by atoms with Gasteiger partial charge in [0.05, 0.1) is 6.54 Å². The monoisotopic (exact) mass is 338 g/mol. The minimum absolute atomic E-state index is 0.178. The maximum absolute atomic E-state index is 12.5. The minimum atomic E-state index is 0.178. The zero-order valence-electron chi connectivity index (χ0n) is 14.6. The van der Waals surface area contributed by atoms with Gasteiger partial charge in [-0.05, 0) is 32.0 Å². The molecule has 3 heterocycles. The summed E-state index contributed by atoms with van der Waals surface area (Å²) in [7, 11) is 0. The van der Waals surface area contributed by atoms with Crippen molar-refractivity contribution in [1.29, 1.82) is 0 Å². The fourth-order valence-electron chi connectivity index (χ4n) is 3.39. The first-order valence-corrected chi connectivity index (χ1v) is 8.62. The molecule has 4 rings (SSSR count). The number of carbonyl (C=O) groups is 1. The number of fused-ring (bicyclic) bond motifs is 1. The SMILES string of the molecule is Cc1cc(C(=O)CN2CCN(c3nc4ccccc4o3)CC2)c(C)[nH]1. The van der Waals surface area contributed by atoms with Gasteiger partial charge in [-0.1, -0.05) is 12.1 Å². The molecule has 6 nitrogen and oxygen atoms in total. The highest BCUT2D eigenvalue weighted by atomic mass is 16.4. The van der Waals surface area contributed by atoms with Crippen LogP contribution in [0.1, 0.15) is 21.7 Å². The molecule has 0 radical (unpaired) electrons. The molecule has 2 aromatic heterocycles. The van der Waals surface area contributed by atoms with E-state index in [1.165, 1.54) is 0 Å². The Morgan fingerprint density at radius 2 is 1.96 bits per heavy atom. The first kappa shape index (κ1) is 15.9. The maximum atomic E-state index is 12.5. The van der Waals surface area contributed by atoms with E-state index < -0.39 is 0 Å². The summed E-state index contributed by atoms with van der Waals surface area (Å²) < 4.78 is 5.84. The van der Waals surface area contributed by atoms with Crippen molar-refractivity contribution in [2.75, 3.05) is 37.6 Å². The van der Waals surface area contributed by atoms with Gasteiger partial charge in [0.2, 0.25) is 0 Å². The Bertz CT molecular complexity index is 870. The van der Waals surface area contributed by atoms with E-state index in [0.717, 1.165) is 54.2 Å². The maximum Gasteiger partial charge on any atom is 0.298 e. The molecule has 0 atom stereocenters. The second kappa shape index (κ2) is 6.37. The number of hydrogen-bond donors (Lipinski definition) is 1. The van der Waals surface area contributed by atoms with Crippen LogP contribution in [0.2, 0.25) is 0 Å². The lowest BCUT2D eigenvalue weighted by Gasteiger charge is -2.33. The van der Waals surface area contributed by atoms with Crippen molar-refractivity contribution < 1.29 is 9.21 Å². The Kier molecular flexibility index (Phi) is 4.05. The Morgan fingerprint density at radius 3 is 2.64 bits per heavy atom. The van der Waals surface area contributed by atoms with Gasteiger partial charge in [-0.25, -0.2) is 0 Å². The predicted molar refractivity (Wildman–Crippen MR) is 97.3 cm³/mol. The third kappa shape index (κ3) is 3.17. The lowest BCUT2D eigenvalue weighted by atomic mass is 10.1. The molecule has 0 spiro atoms. The van der Waals surface area contributed by atoms with E-state index in [-0.39, 0.29) is 5.78 Å². The molecule has 1 aliphatic heterocycles. The summed E-state index contributed by atoms with van der Waals surface area (Å²) in [6.45, 7) is 7.66. The van der Waals surface area contributed by atoms with E-state index in [1.54, 1.807) is 0 Å². The summed E-state index contributed by atoms with van der Waals surface area (Å²) in [5.41, 5.74) is 4.48. The van der Waals surface area contributed by atoms with Gasteiger partial charge in [-0.15, -0.1) is 0 Å². The summed E-state index contributed by atoms with van der Waals surface area (Å²) in [5, 5.41) is 0. The van der Waals surface area contributed by atoms with Crippen LogP contribution in [0.15, 0.2) is 34.7 Å². The molecule has 0 bridgehead atoms. The first-order valence-electron chi connectivity index (χ1n) is 8.62. The second-order valence-corrected chi connectivity index (χ2v) is 6.64. The van der Waals surface area contributed by atoms with Crippen LogP contribution in [-0.4, -0.2) is 53.4 Å². The normalized spacial score (nSPS) is 15.8. The molecular formula is C19H22N4O2. The van der Waals surface area contributed by atoms with Crippen LogP contribution >= 0.6 is 0 Å². The Balaban J connectivity index is 1.38. The van der Waals surface area contributed by atoms with Crippen LogP contribution < -0.4 is 4.90 Å². The molecule has 6 heteroatoms. The number of para-hydroxylation sites is 2. The zero-order valence-corrected chi connectivity index (χ0v) is 14.6. The number of rotatable bonds is 4. The third-order valence-electron chi connectivity index (χ3n) is 4.74. The number of oxazole rings is 1. The Hall–Kier alpha value is -2.60. The van der Waals surface area contributed by atoms with Gasteiger partial charge in [-0.2, -0.15) is 4.98 Å². The van der Waals surface area contributed by atoms with Gasteiger partial charge in [0.25, 0.3) is 6.01 Å². The molecule has 1 saturated heterocycles. The van der Waals surface area contributed by atoms with Crippen molar-refractivity contribution >= 4 is 22.9 Å². The van der Waals surface area contributed by atoms with Crippen molar-refractivity contribution in [2.45, 2.75) is 13.8 Å². The highest BCUT2D eigenvalue weighted by molar-refractivity contribution is 5.98. The van der Waals surface area contributed by atoms with Crippen LogP contribution in [0.25, 0.3) is 11.1 Å². The molecule has 1 aromatic carbocycles. The van der Waals surface area contributed by atoms with Crippen LogP contribution in [0.3, 0.4) is 0 Å². The van der Waals surface area contributed by atoms with E-state index in [1.807, 2.05) is 44.2 Å². The largest absolute Gasteiger partial charge is 0.423 e. The Labute approximate surface area is 146 Å². The number of piperazine rings is 1. The lowest BCUT2D eigenvalue weighted by Crippen LogP contribution is -2.48. The van der Waals surface area contributed by atoms with Gasteiger partial charge in [0.1, 0.15) is 5.52 Å². The third-order valence-corrected chi connectivity index (χ3v) is 4.74. The standard InChI is InChI=1S/C19H22N4O2/c1-13-11-15(14(2)20-13)17(24)12-22-7-9-23(10-8-22)19-21-16-5-3-4-6-18(16)25-19/h3-6,11,20H,7-10,12H2,1-2H3. The molecule has 0 saturated carbocycles. The number of aromatic amines is 1. The molecule has 0 amide bonds.